The molecule has 38 heavy (non-hydrogen) atoms. The molecule has 3 atom stereocenters. The summed E-state index contributed by atoms with van der Waals surface area (Å²) < 4.78 is 5.84. The summed E-state index contributed by atoms with van der Waals surface area (Å²) in [5, 5.41) is 29.9. The zero-order valence-electron chi connectivity index (χ0n) is 21.6. The number of aliphatic hydroxyl groups is 1. The average molecular weight is 527 g/mol. The summed E-state index contributed by atoms with van der Waals surface area (Å²) >= 11 is 0. The number of ether oxygens (including phenoxy) is 1. The molecule has 4 amide bonds. The SMILES string of the molecule is CC(C)[C@@H]1NC(=O)c2cc(ccc2O)Oc2ccc(cc2)C[C@H](C(=O)NCCCO)NC(=O)[C@H](C)NC1=O. The summed E-state index contributed by atoms with van der Waals surface area (Å²) in [7, 11) is 0. The minimum absolute atomic E-state index is 0.0699. The number of aliphatic hydroxyl groups excluding tert-OH is 1. The van der Waals surface area contributed by atoms with Gasteiger partial charge in [-0.2, -0.15) is 0 Å². The molecule has 0 fully saturated rings. The van der Waals surface area contributed by atoms with Crippen LogP contribution in [-0.4, -0.2) is 65.1 Å². The highest BCUT2D eigenvalue weighted by Gasteiger charge is 2.30. The summed E-state index contributed by atoms with van der Waals surface area (Å²) in [6.45, 7) is 5.10. The second-order valence-corrected chi connectivity index (χ2v) is 9.48. The van der Waals surface area contributed by atoms with Crippen LogP contribution < -0.4 is 26.0 Å². The zero-order chi connectivity index (χ0) is 27.8. The Morgan fingerprint density at radius 1 is 1.03 bits per heavy atom. The Morgan fingerprint density at radius 2 is 1.71 bits per heavy atom. The quantitative estimate of drug-likeness (QED) is 0.250. The molecule has 0 saturated carbocycles. The molecule has 2 heterocycles. The Kier molecular flexibility index (Phi) is 9.66. The number of carbonyl (C=O) groups is 4. The summed E-state index contributed by atoms with van der Waals surface area (Å²) in [5.41, 5.74) is 0.669. The van der Waals surface area contributed by atoms with E-state index in [1.807, 2.05) is 0 Å². The molecule has 11 heteroatoms. The van der Waals surface area contributed by atoms with Crippen LogP contribution in [0.5, 0.6) is 17.2 Å². The molecule has 4 rings (SSSR count). The lowest BCUT2D eigenvalue weighted by Gasteiger charge is -2.25. The first-order valence-electron chi connectivity index (χ1n) is 12.5. The molecule has 2 aromatic carbocycles. The summed E-state index contributed by atoms with van der Waals surface area (Å²) in [4.78, 5) is 51.8. The van der Waals surface area contributed by atoms with Crippen LogP contribution in [-0.2, 0) is 20.8 Å². The van der Waals surface area contributed by atoms with E-state index in [9.17, 15) is 24.3 Å². The number of hydrogen-bond donors (Lipinski definition) is 6. The summed E-state index contributed by atoms with van der Waals surface area (Å²) in [5.74, 6) is -2.16. The number of hydrogen-bond acceptors (Lipinski definition) is 7. The minimum Gasteiger partial charge on any atom is -0.507 e. The third-order valence-electron chi connectivity index (χ3n) is 6.07. The molecule has 0 radical (unpaired) electrons. The highest BCUT2D eigenvalue weighted by Crippen LogP contribution is 2.28. The smallest absolute Gasteiger partial charge is 0.255 e. The number of nitrogens with one attached hydrogen (secondary N) is 4. The molecule has 4 bridgehead atoms. The maximum atomic E-state index is 13.0. The van der Waals surface area contributed by atoms with Gasteiger partial charge in [0.25, 0.3) is 5.91 Å². The average Bonchev–Trinajstić information content (AvgIpc) is 2.88. The van der Waals surface area contributed by atoms with E-state index in [1.54, 1.807) is 38.1 Å². The number of phenolic OH excluding ortho intramolecular Hbond substituents is 1. The molecular weight excluding hydrogens is 492 g/mol. The topological polar surface area (TPSA) is 166 Å². The van der Waals surface area contributed by atoms with Gasteiger partial charge in [0.1, 0.15) is 35.4 Å². The second-order valence-electron chi connectivity index (χ2n) is 9.48. The molecule has 0 spiro atoms. The lowest BCUT2D eigenvalue weighted by atomic mass is 10.0. The number of rotatable bonds is 5. The van der Waals surface area contributed by atoms with Gasteiger partial charge in [0.2, 0.25) is 17.7 Å². The molecule has 6 N–H and O–H groups in total. The predicted octanol–water partition coefficient (Wildman–Crippen LogP) is 0.983. The standard InChI is InChI=1S/C27H34N4O7/c1-15(2)23-27(37)29-16(3)24(34)30-21(26(36)28-11-4-12-32)13-17-5-7-18(8-6-17)38-19-9-10-22(33)20(14-19)25(35)31-23/h5-10,14-16,21,23,32-33H,4,11-13H2,1-3H3,(H,28,36)(H,29,37)(H,30,34)(H,31,35)/t16-,21+,23-/m0/s1. The first-order chi connectivity index (χ1) is 18.1. The molecule has 0 saturated heterocycles. The molecule has 11 nitrogen and oxygen atoms in total. The van der Waals surface area contributed by atoms with Crippen molar-refractivity contribution >= 4 is 23.6 Å². The van der Waals surface area contributed by atoms with Crippen molar-refractivity contribution in [3.05, 3.63) is 53.6 Å². The van der Waals surface area contributed by atoms with Gasteiger partial charge in [-0.3, -0.25) is 19.2 Å². The van der Waals surface area contributed by atoms with Crippen molar-refractivity contribution in [1.29, 1.82) is 0 Å². The van der Waals surface area contributed by atoms with E-state index in [0.29, 0.717) is 17.9 Å². The van der Waals surface area contributed by atoms with Gasteiger partial charge in [0.05, 0.1) is 5.56 Å². The van der Waals surface area contributed by atoms with Crippen molar-refractivity contribution in [1.82, 2.24) is 21.3 Å². The maximum Gasteiger partial charge on any atom is 0.255 e. The van der Waals surface area contributed by atoms with Crippen LogP contribution in [0.3, 0.4) is 0 Å². The van der Waals surface area contributed by atoms with Crippen molar-refractivity contribution in [2.24, 2.45) is 5.92 Å². The number of aromatic hydroxyl groups is 1. The fourth-order valence-corrected chi connectivity index (χ4v) is 3.87. The number of fused-ring (bicyclic) bond motifs is 11. The van der Waals surface area contributed by atoms with E-state index in [2.05, 4.69) is 21.3 Å². The highest BCUT2D eigenvalue weighted by atomic mass is 16.5. The molecule has 0 aliphatic carbocycles. The summed E-state index contributed by atoms with van der Waals surface area (Å²) in [6.07, 6.45) is 0.540. The number of carbonyl (C=O) groups excluding carboxylic acids is 4. The van der Waals surface area contributed by atoms with Crippen molar-refractivity contribution in [2.45, 2.75) is 51.7 Å². The van der Waals surface area contributed by atoms with Crippen LogP contribution in [0.2, 0.25) is 0 Å². The van der Waals surface area contributed by atoms with Crippen molar-refractivity contribution < 1.29 is 34.1 Å². The lowest BCUT2D eigenvalue weighted by Crippen LogP contribution is -2.57. The minimum atomic E-state index is -1.01. The number of amides is 4. The van der Waals surface area contributed by atoms with E-state index in [4.69, 9.17) is 9.84 Å². The maximum absolute atomic E-state index is 13.0. The van der Waals surface area contributed by atoms with Gasteiger partial charge in [0.15, 0.2) is 0 Å². The molecule has 204 valence electrons. The van der Waals surface area contributed by atoms with Crippen molar-refractivity contribution in [2.75, 3.05) is 13.2 Å². The number of phenols is 1. The third-order valence-corrected chi connectivity index (χ3v) is 6.07. The van der Waals surface area contributed by atoms with Crippen LogP contribution in [0.1, 0.15) is 43.1 Å². The van der Waals surface area contributed by atoms with Gasteiger partial charge >= 0.3 is 0 Å². The fraction of sp³-hybridized carbons (Fsp3) is 0.407. The third kappa shape index (κ3) is 7.45. The van der Waals surface area contributed by atoms with Crippen LogP contribution in [0.4, 0.5) is 0 Å². The Morgan fingerprint density at radius 3 is 2.37 bits per heavy atom. The number of benzene rings is 2. The Balaban J connectivity index is 1.97. The van der Waals surface area contributed by atoms with Crippen LogP contribution >= 0.6 is 0 Å². The second kappa shape index (κ2) is 12.9. The van der Waals surface area contributed by atoms with E-state index in [-0.39, 0.29) is 36.8 Å². The highest BCUT2D eigenvalue weighted by molar-refractivity contribution is 6.00. The van der Waals surface area contributed by atoms with Gasteiger partial charge in [-0.1, -0.05) is 26.0 Å². The van der Waals surface area contributed by atoms with E-state index < -0.39 is 41.8 Å². The zero-order valence-corrected chi connectivity index (χ0v) is 21.6. The van der Waals surface area contributed by atoms with Crippen molar-refractivity contribution in [3.63, 3.8) is 0 Å². The fourth-order valence-electron chi connectivity index (χ4n) is 3.87. The first kappa shape index (κ1) is 28.5. The largest absolute Gasteiger partial charge is 0.507 e. The Labute approximate surface area is 221 Å². The predicted molar refractivity (Wildman–Crippen MR) is 139 cm³/mol. The van der Waals surface area contributed by atoms with Crippen LogP contribution in [0.15, 0.2) is 42.5 Å². The molecule has 2 aliphatic rings. The van der Waals surface area contributed by atoms with E-state index >= 15 is 0 Å². The molecule has 2 aliphatic heterocycles. The van der Waals surface area contributed by atoms with E-state index in [0.717, 1.165) is 5.56 Å². The normalized spacial score (nSPS) is 20.4. The van der Waals surface area contributed by atoms with Crippen LogP contribution in [0.25, 0.3) is 0 Å². The summed E-state index contributed by atoms with van der Waals surface area (Å²) in [6, 6.07) is 8.10. The van der Waals surface area contributed by atoms with Gasteiger partial charge in [-0.15, -0.1) is 0 Å². The van der Waals surface area contributed by atoms with Gasteiger partial charge in [-0.05, 0) is 55.2 Å². The van der Waals surface area contributed by atoms with E-state index in [1.165, 1.54) is 25.1 Å². The van der Waals surface area contributed by atoms with Crippen molar-refractivity contribution in [3.8, 4) is 17.2 Å². The Bertz CT molecular complexity index is 1170. The van der Waals surface area contributed by atoms with Gasteiger partial charge < -0.3 is 36.2 Å². The van der Waals surface area contributed by atoms with Gasteiger partial charge in [0, 0.05) is 19.6 Å². The lowest BCUT2D eigenvalue weighted by molar-refractivity contribution is -0.132. The van der Waals surface area contributed by atoms with Gasteiger partial charge in [-0.25, -0.2) is 0 Å². The molecular formula is C27H34N4O7. The monoisotopic (exact) mass is 526 g/mol. The molecule has 2 aromatic rings. The van der Waals surface area contributed by atoms with Crippen LogP contribution in [0, 0.1) is 5.92 Å². The first-order valence-corrected chi connectivity index (χ1v) is 12.5. The molecule has 0 aromatic heterocycles. The molecule has 0 unspecified atom stereocenters. The Hall–Kier alpha value is -4.12.